The van der Waals surface area contributed by atoms with Gasteiger partial charge in [0.25, 0.3) is 0 Å². The van der Waals surface area contributed by atoms with Crippen LogP contribution in [0.15, 0.2) is 0 Å². The standard InChI is InChI=1S/C12H22N2OS.ClH/c1-9(13)8-12(15)14-6-7-16-11-5-3-2-4-10(11)14;/h9-11H,2-8,13H2,1H3;1H. The first-order valence-electron chi connectivity index (χ1n) is 6.35. The van der Waals surface area contributed by atoms with Crippen molar-refractivity contribution in [2.45, 2.75) is 56.4 Å². The molecule has 1 aliphatic carbocycles. The highest BCUT2D eigenvalue weighted by Gasteiger charge is 2.36. The Balaban J connectivity index is 0.00000144. The zero-order chi connectivity index (χ0) is 11.5. The molecule has 0 spiro atoms. The number of halogens is 1. The van der Waals surface area contributed by atoms with Crippen molar-refractivity contribution < 1.29 is 4.79 Å². The number of carbonyl (C=O) groups is 1. The van der Waals surface area contributed by atoms with Gasteiger partial charge in [0.2, 0.25) is 5.91 Å². The van der Waals surface area contributed by atoms with E-state index in [2.05, 4.69) is 16.7 Å². The van der Waals surface area contributed by atoms with E-state index in [-0.39, 0.29) is 24.4 Å². The summed E-state index contributed by atoms with van der Waals surface area (Å²) in [5.74, 6) is 1.37. The van der Waals surface area contributed by atoms with Gasteiger partial charge in [0.15, 0.2) is 0 Å². The molecule has 2 fully saturated rings. The predicted octanol–water partition coefficient (Wildman–Crippen LogP) is 2.03. The van der Waals surface area contributed by atoms with Gasteiger partial charge in [-0.3, -0.25) is 4.79 Å². The third kappa shape index (κ3) is 3.76. The molecule has 1 saturated carbocycles. The Bertz CT molecular complexity index is 261. The average molecular weight is 279 g/mol. The summed E-state index contributed by atoms with van der Waals surface area (Å²) in [7, 11) is 0. The number of hydrogen-bond acceptors (Lipinski definition) is 3. The van der Waals surface area contributed by atoms with E-state index >= 15 is 0 Å². The first-order valence-corrected chi connectivity index (χ1v) is 7.40. The van der Waals surface area contributed by atoms with Crippen LogP contribution in [-0.2, 0) is 4.79 Å². The van der Waals surface area contributed by atoms with Gasteiger partial charge in [-0.15, -0.1) is 12.4 Å². The molecular formula is C12H23ClN2OS. The SMILES string of the molecule is CC(N)CC(=O)N1CCSC2CCCCC21.Cl. The molecule has 0 aromatic carbocycles. The van der Waals surface area contributed by atoms with Crippen LogP contribution in [-0.4, -0.2) is 40.4 Å². The minimum absolute atomic E-state index is 0. The van der Waals surface area contributed by atoms with Crippen LogP contribution in [0.25, 0.3) is 0 Å². The first kappa shape index (κ1) is 15.1. The lowest BCUT2D eigenvalue weighted by Crippen LogP contribution is -2.52. The number of rotatable bonds is 2. The van der Waals surface area contributed by atoms with Gasteiger partial charge in [-0.2, -0.15) is 11.8 Å². The van der Waals surface area contributed by atoms with Crippen molar-refractivity contribution in [1.29, 1.82) is 0 Å². The highest BCUT2D eigenvalue weighted by atomic mass is 35.5. The highest BCUT2D eigenvalue weighted by Crippen LogP contribution is 2.35. The molecule has 0 bridgehead atoms. The molecular weight excluding hydrogens is 256 g/mol. The van der Waals surface area contributed by atoms with Crippen molar-refractivity contribution in [2.24, 2.45) is 5.73 Å². The van der Waals surface area contributed by atoms with Gasteiger partial charge >= 0.3 is 0 Å². The summed E-state index contributed by atoms with van der Waals surface area (Å²) in [5, 5.41) is 0.694. The molecule has 2 aliphatic rings. The third-order valence-electron chi connectivity index (χ3n) is 3.55. The van der Waals surface area contributed by atoms with Crippen LogP contribution < -0.4 is 5.73 Å². The van der Waals surface area contributed by atoms with Crippen LogP contribution >= 0.6 is 24.2 Å². The van der Waals surface area contributed by atoms with E-state index in [0.717, 1.165) is 12.3 Å². The van der Waals surface area contributed by atoms with Gasteiger partial charge in [0.1, 0.15) is 0 Å². The molecule has 2 rings (SSSR count). The lowest BCUT2D eigenvalue weighted by molar-refractivity contribution is -0.134. The molecule has 0 aromatic rings. The normalized spacial score (nSPS) is 30.1. The fourth-order valence-electron chi connectivity index (χ4n) is 2.80. The lowest BCUT2D eigenvalue weighted by atomic mass is 9.93. The summed E-state index contributed by atoms with van der Waals surface area (Å²) in [4.78, 5) is 14.2. The number of fused-ring (bicyclic) bond motifs is 1. The smallest absolute Gasteiger partial charge is 0.224 e. The van der Waals surface area contributed by atoms with Crippen molar-refractivity contribution >= 4 is 30.1 Å². The van der Waals surface area contributed by atoms with Crippen LogP contribution in [0.2, 0.25) is 0 Å². The van der Waals surface area contributed by atoms with Crippen molar-refractivity contribution in [3.8, 4) is 0 Å². The van der Waals surface area contributed by atoms with Crippen LogP contribution in [0.1, 0.15) is 39.0 Å². The molecule has 0 aromatic heterocycles. The van der Waals surface area contributed by atoms with E-state index in [9.17, 15) is 4.79 Å². The van der Waals surface area contributed by atoms with Crippen molar-refractivity contribution in [1.82, 2.24) is 4.90 Å². The summed E-state index contributed by atoms with van der Waals surface area (Å²) in [6, 6.07) is 0.489. The Morgan fingerprint density at radius 1 is 1.47 bits per heavy atom. The van der Waals surface area contributed by atoms with Gasteiger partial charge in [0.05, 0.1) is 0 Å². The van der Waals surface area contributed by atoms with Crippen LogP contribution in [0.4, 0.5) is 0 Å². The molecule has 0 radical (unpaired) electrons. The fraction of sp³-hybridized carbons (Fsp3) is 0.917. The van der Waals surface area contributed by atoms with E-state index in [1.807, 2.05) is 6.92 Å². The van der Waals surface area contributed by atoms with Crippen molar-refractivity contribution in [3.05, 3.63) is 0 Å². The van der Waals surface area contributed by atoms with Gasteiger partial charge < -0.3 is 10.6 Å². The first-order chi connectivity index (χ1) is 7.68. The second-order valence-electron chi connectivity index (χ2n) is 5.03. The van der Waals surface area contributed by atoms with Crippen molar-refractivity contribution in [3.63, 3.8) is 0 Å². The minimum atomic E-state index is -0.0101. The van der Waals surface area contributed by atoms with Gasteiger partial charge in [-0.1, -0.05) is 12.8 Å². The van der Waals surface area contributed by atoms with E-state index in [1.165, 1.54) is 25.7 Å². The summed E-state index contributed by atoms with van der Waals surface area (Å²) in [6.45, 7) is 2.84. The quantitative estimate of drug-likeness (QED) is 0.841. The molecule has 1 saturated heterocycles. The molecule has 1 heterocycles. The van der Waals surface area contributed by atoms with Crippen LogP contribution in [0.5, 0.6) is 0 Å². The Morgan fingerprint density at radius 3 is 2.88 bits per heavy atom. The Labute approximate surface area is 114 Å². The second kappa shape index (κ2) is 6.86. The van der Waals surface area contributed by atoms with E-state index < -0.39 is 0 Å². The number of nitrogens with two attached hydrogens (primary N) is 1. The summed E-state index contributed by atoms with van der Waals surface area (Å²) >= 11 is 2.06. The van der Waals surface area contributed by atoms with E-state index in [1.54, 1.807) is 0 Å². The highest BCUT2D eigenvalue weighted by molar-refractivity contribution is 8.00. The van der Waals surface area contributed by atoms with Gasteiger partial charge in [0, 0.05) is 36.1 Å². The second-order valence-corrected chi connectivity index (χ2v) is 6.38. The molecule has 1 amide bonds. The third-order valence-corrected chi connectivity index (χ3v) is 4.95. The Kier molecular flexibility index (Phi) is 6.10. The monoisotopic (exact) mass is 278 g/mol. The zero-order valence-electron chi connectivity index (χ0n) is 10.4. The van der Waals surface area contributed by atoms with Gasteiger partial charge in [-0.25, -0.2) is 0 Å². The topological polar surface area (TPSA) is 46.3 Å². The molecule has 3 unspecified atom stereocenters. The average Bonchev–Trinajstić information content (AvgIpc) is 2.27. The van der Waals surface area contributed by atoms with Gasteiger partial charge in [-0.05, 0) is 19.8 Å². The number of amides is 1. The minimum Gasteiger partial charge on any atom is -0.338 e. The zero-order valence-corrected chi connectivity index (χ0v) is 12.1. The van der Waals surface area contributed by atoms with Crippen molar-refractivity contribution in [2.75, 3.05) is 12.3 Å². The van der Waals surface area contributed by atoms with E-state index in [0.29, 0.717) is 17.7 Å². The number of hydrogen-bond donors (Lipinski definition) is 1. The molecule has 2 N–H and O–H groups in total. The summed E-state index contributed by atoms with van der Waals surface area (Å²) in [5.41, 5.74) is 5.72. The summed E-state index contributed by atoms with van der Waals surface area (Å²) < 4.78 is 0. The number of carbonyl (C=O) groups excluding carboxylic acids is 1. The molecule has 1 aliphatic heterocycles. The Morgan fingerprint density at radius 2 is 2.18 bits per heavy atom. The Hall–Kier alpha value is 0.0700. The lowest BCUT2D eigenvalue weighted by Gasteiger charge is -2.43. The fourth-order valence-corrected chi connectivity index (χ4v) is 4.24. The molecule has 3 atom stereocenters. The molecule has 100 valence electrons. The summed E-state index contributed by atoms with van der Waals surface area (Å²) in [6.07, 6.45) is 5.61. The largest absolute Gasteiger partial charge is 0.338 e. The molecule has 3 nitrogen and oxygen atoms in total. The van der Waals surface area contributed by atoms with E-state index in [4.69, 9.17) is 5.73 Å². The number of thioether (sulfide) groups is 1. The number of nitrogens with zero attached hydrogens (tertiary/aromatic N) is 1. The molecule has 5 heteroatoms. The molecule has 17 heavy (non-hydrogen) atoms. The predicted molar refractivity (Wildman–Crippen MR) is 75.7 cm³/mol. The van der Waals surface area contributed by atoms with Crippen LogP contribution in [0.3, 0.4) is 0 Å². The maximum atomic E-state index is 12.1. The van der Waals surface area contributed by atoms with Crippen LogP contribution in [0, 0.1) is 0 Å². The maximum Gasteiger partial charge on any atom is 0.224 e. The maximum absolute atomic E-state index is 12.1.